The highest BCUT2D eigenvalue weighted by atomic mass is 32.1. The zero-order valence-electron chi connectivity index (χ0n) is 13.3. The first-order valence-electron chi connectivity index (χ1n) is 8.18. The van der Waals surface area contributed by atoms with Gasteiger partial charge in [0, 0.05) is 16.3 Å². The molecule has 3 rings (SSSR count). The molecule has 2 fully saturated rings. The smallest absolute Gasteiger partial charge is 0.244 e. The van der Waals surface area contributed by atoms with E-state index in [0.717, 1.165) is 25.3 Å². The predicted octanol–water partition coefficient (Wildman–Crippen LogP) is 3.85. The Morgan fingerprint density at radius 1 is 1.43 bits per heavy atom. The van der Waals surface area contributed by atoms with Crippen LogP contribution in [-0.2, 0) is 4.79 Å². The number of carbonyl (C=O) groups is 1. The van der Waals surface area contributed by atoms with E-state index in [1.807, 2.05) is 6.92 Å². The summed E-state index contributed by atoms with van der Waals surface area (Å²) >= 11 is 1.80. The molecule has 0 spiro atoms. The lowest BCUT2D eigenvalue weighted by molar-refractivity contribution is -0.133. The molecule has 1 saturated heterocycles. The average molecular weight is 306 g/mol. The van der Waals surface area contributed by atoms with Crippen molar-refractivity contribution in [1.82, 2.24) is 10.2 Å². The molecule has 1 aromatic heterocycles. The van der Waals surface area contributed by atoms with Crippen molar-refractivity contribution in [2.75, 3.05) is 6.54 Å². The van der Waals surface area contributed by atoms with Gasteiger partial charge in [0.15, 0.2) is 0 Å². The van der Waals surface area contributed by atoms with Gasteiger partial charge in [-0.15, -0.1) is 11.3 Å². The quantitative estimate of drug-likeness (QED) is 0.896. The minimum atomic E-state index is -0.401. The highest BCUT2D eigenvalue weighted by Crippen LogP contribution is 2.37. The monoisotopic (exact) mass is 306 g/mol. The first-order valence-corrected chi connectivity index (χ1v) is 9.00. The van der Waals surface area contributed by atoms with E-state index < -0.39 is 5.54 Å². The molecule has 0 aromatic carbocycles. The highest BCUT2D eigenvalue weighted by molar-refractivity contribution is 7.12. The zero-order chi connectivity index (χ0) is 15.0. The molecule has 0 radical (unpaired) electrons. The maximum atomic E-state index is 12.8. The van der Waals surface area contributed by atoms with Crippen molar-refractivity contribution in [3.05, 3.63) is 21.9 Å². The van der Waals surface area contributed by atoms with Gasteiger partial charge < -0.3 is 4.90 Å². The van der Waals surface area contributed by atoms with Gasteiger partial charge in [-0.05, 0) is 44.7 Å². The summed E-state index contributed by atoms with van der Waals surface area (Å²) in [6.45, 7) is 7.17. The average Bonchev–Trinajstić information content (AvgIpc) is 2.94. The van der Waals surface area contributed by atoms with Crippen molar-refractivity contribution in [1.29, 1.82) is 0 Å². The van der Waals surface area contributed by atoms with E-state index in [2.05, 4.69) is 36.2 Å². The van der Waals surface area contributed by atoms with Gasteiger partial charge >= 0.3 is 0 Å². The second kappa shape index (κ2) is 5.73. The van der Waals surface area contributed by atoms with Crippen LogP contribution >= 0.6 is 11.3 Å². The van der Waals surface area contributed by atoms with E-state index in [1.165, 1.54) is 29.0 Å². The molecule has 2 heterocycles. The fourth-order valence-electron chi connectivity index (χ4n) is 3.29. The third-order valence-corrected chi connectivity index (χ3v) is 6.29. The molecular weight excluding hydrogens is 280 g/mol. The van der Waals surface area contributed by atoms with E-state index in [9.17, 15) is 4.79 Å². The molecule has 1 N–H and O–H groups in total. The lowest BCUT2D eigenvalue weighted by Crippen LogP contribution is -2.43. The number of aryl methyl sites for hydroxylation is 1. The minimum Gasteiger partial charge on any atom is -0.320 e. The van der Waals surface area contributed by atoms with Gasteiger partial charge in [0.25, 0.3) is 0 Å². The number of rotatable bonds is 5. The van der Waals surface area contributed by atoms with Crippen molar-refractivity contribution < 1.29 is 4.79 Å². The summed E-state index contributed by atoms with van der Waals surface area (Å²) in [5.74, 6) is 1.12. The van der Waals surface area contributed by atoms with E-state index in [0.29, 0.717) is 0 Å². The van der Waals surface area contributed by atoms with Crippen LogP contribution in [0.2, 0.25) is 0 Å². The van der Waals surface area contributed by atoms with Crippen LogP contribution in [-0.4, -0.2) is 22.9 Å². The van der Waals surface area contributed by atoms with E-state index in [1.54, 1.807) is 11.3 Å². The molecule has 1 amide bonds. The summed E-state index contributed by atoms with van der Waals surface area (Å²) in [5.41, 5.74) is -0.401. The molecule has 1 saturated carbocycles. The molecule has 1 aliphatic carbocycles. The molecule has 0 bridgehead atoms. The van der Waals surface area contributed by atoms with Gasteiger partial charge in [0.05, 0.1) is 5.54 Å². The summed E-state index contributed by atoms with van der Waals surface area (Å²) in [5, 5.41) is 3.59. The summed E-state index contributed by atoms with van der Waals surface area (Å²) in [6.07, 6.45) is 6.14. The van der Waals surface area contributed by atoms with Crippen molar-refractivity contribution in [3.63, 3.8) is 0 Å². The normalized spacial score (nSPS) is 30.0. The summed E-state index contributed by atoms with van der Waals surface area (Å²) in [7, 11) is 0. The Balaban J connectivity index is 1.78. The van der Waals surface area contributed by atoms with Crippen LogP contribution in [0.25, 0.3) is 0 Å². The fraction of sp³-hybridized carbons (Fsp3) is 0.706. The minimum absolute atomic E-state index is 0.0706. The van der Waals surface area contributed by atoms with E-state index in [-0.39, 0.29) is 12.1 Å². The number of nitrogens with zero attached hydrogens (tertiary/aromatic N) is 1. The van der Waals surface area contributed by atoms with E-state index in [4.69, 9.17) is 0 Å². The molecular formula is C17H26N2OS. The second-order valence-electron chi connectivity index (χ2n) is 6.77. The Morgan fingerprint density at radius 2 is 2.19 bits per heavy atom. The molecule has 2 unspecified atom stereocenters. The maximum absolute atomic E-state index is 12.8. The van der Waals surface area contributed by atoms with Gasteiger partial charge in [-0.25, -0.2) is 0 Å². The van der Waals surface area contributed by atoms with Gasteiger partial charge in [-0.1, -0.05) is 26.2 Å². The molecule has 116 valence electrons. The van der Waals surface area contributed by atoms with Crippen LogP contribution in [0.4, 0.5) is 0 Å². The zero-order valence-corrected chi connectivity index (χ0v) is 14.1. The molecule has 2 aliphatic rings. The Morgan fingerprint density at radius 3 is 2.71 bits per heavy atom. The molecule has 2 atom stereocenters. The van der Waals surface area contributed by atoms with Crippen LogP contribution in [0.5, 0.6) is 0 Å². The number of hydrogen-bond donors (Lipinski definition) is 1. The fourth-order valence-corrected chi connectivity index (χ4v) is 4.23. The number of hydrogen-bond acceptors (Lipinski definition) is 3. The van der Waals surface area contributed by atoms with Crippen LogP contribution in [0.15, 0.2) is 12.1 Å². The lowest BCUT2D eigenvalue weighted by Gasteiger charge is -2.30. The third kappa shape index (κ3) is 2.76. The number of carbonyl (C=O) groups excluding carboxylic acids is 1. The Labute approximate surface area is 131 Å². The van der Waals surface area contributed by atoms with Gasteiger partial charge in [0.2, 0.25) is 5.91 Å². The Hall–Kier alpha value is -0.870. The molecule has 1 aliphatic heterocycles. The summed E-state index contributed by atoms with van der Waals surface area (Å²) in [4.78, 5) is 17.5. The van der Waals surface area contributed by atoms with Crippen LogP contribution in [0.1, 0.15) is 61.9 Å². The van der Waals surface area contributed by atoms with Gasteiger partial charge in [-0.3, -0.25) is 10.1 Å². The number of amides is 1. The molecule has 21 heavy (non-hydrogen) atoms. The molecule has 3 nitrogen and oxygen atoms in total. The van der Waals surface area contributed by atoms with Crippen molar-refractivity contribution in [2.24, 2.45) is 5.92 Å². The Bertz CT molecular complexity index is 523. The summed E-state index contributed by atoms with van der Waals surface area (Å²) < 4.78 is 0. The standard InChI is InChI=1S/C17H26N2OS/c1-4-17(3)16(20)19(11-10-13-6-5-7-13)15(18-17)14-9-8-12(2)21-14/h8-9,13,15,18H,4-7,10-11H2,1-3H3. The molecule has 4 heteroatoms. The van der Waals surface area contributed by atoms with Crippen molar-refractivity contribution in [2.45, 2.75) is 64.6 Å². The lowest BCUT2D eigenvalue weighted by atomic mass is 9.83. The largest absolute Gasteiger partial charge is 0.320 e. The summed E-state index contributed by atoms with van der Waals surface area (Å²) in [6, 6.07) is 4.32. The van der Waals surface area contributed by atoms with Crippen LogP contribution in [0, 0.1) is 12.8 Å². The van der Waals surface area contributed by atoms with Crippen LogP contribution < -0.4 is 5.32 Å². The van der Waals surface area contributed by atoms with Crippen molar-refractivity contribution >= 4 is 17.2 Å². The first kappa shape index (κ1) is 15.0. The second-order valence-corrected chi connectivity index (χ2v) is 8.08. The topological polar surface area (TPSA) is 32.3 Å². The van der Waals surface area contributed by atoms with E-state index >= 15 is 0 Å². The highest BCUT2D eigenvalue weighted by Gasteiger charge is 2.47. The van der Waals surface area contributed by atoms with Crippen LogP contribution in [0.3, 0.4) is 0 Å². The maximum Gasteiger partial charge on any atom is 0.244 e. The van der Waals surface area contributed by atoms with Crippen molar-refractivity contribution in [3.8, 4) is 0 Å². The van der Waals surface area contributed by atoms with Gasteiger partial charge in [0.1, 0.15) is 6.17 Å². The number of thiophene rings is 1. The first-order chi connectivity index (χ1) is 10.0. The van der Waals surface area contributed by atoms with Gasteiger partial charge in [-0.2, -0.15) is 0 Å². The predicted molar refractivity (Wildman–Crippen MR) is 87.3 cm³/mol. The SMILES string of the molecule is CCC1(C)NC(c2ccc(C)s2)N(CCC2CCC2)C1=O. The number of nitrogens with one attached hydrogen (secondary N) is 1. The third-order valence-electron chi connectivity index (χ3n) is 5.24. The Kier molecular flexibility index (Phi) is 4.10. The molecule has 1 aromatic rings.